The molecular formula is C12H17NO4S. The van der Waals surface area contributed by atoms with Gasteiger partial charge in [-0.1, -0.05) is 12.1 Å². The highest BCUT2D eigenvalue weighted by atomic mass is 32.2. The molecule has 6 heteroatoms. The summed E-state index contributed by atoms with van der Waals surface area (Å²) in [6, 6.07) is 5.33. The predicted octanol–water partition coefficient (Wildman–Crippen LogP) is 0.631. The van der Waals surface area contributed by atoms with Crippen LogP contribution in [0.15, 0.2) is 18.2 Å². The summed E-state index contributed by atoms with van der Waals surface area (Å²) in [5, 5.41) is 9.95. The monoisotopic (exact) mass is 271 g/mol. The summed E-state index contributed by atoms with van der Waals surface area (Å²) in [6.07, 6.45) is 0. The molecule has 0 unspecified atom stereocenters. The zero-order valence-corrected chi connectivity index (χ0v) is 11.1. The standard InChI is InChI=1S/C12H17NO4S/c1-17-11-4-2-3-10(12(11)14)9-13-5-7-18(15,16)8-6-13/h2-4,14H,5-9H2,1H3. The highest BCUT2D eigenvalue weighted by Gasteiger charge is 2.22. The van der Waals surface area contributed by atoms with Crippen molar-refractivity contribution in [2.24, 2.45) is 0 Å². The number of nitrogens with zero attached hydrogens (tertiary/aromatic N) is 1. The number of methoxy groups -OCH3 is 1. The minimum atomic E-state index is -2.86. The Hall–Kier alpha value is -1.27. The molecule has 18 heavy (non-hydrogen) atoms. The number of ether oxygens (including phenoxy) is 1. The fourth-order valence-electron chi connectivity index (χ4n) is 2.01. The zero-order chi connectivity index (χ0) is 13.2. The largest absolute Gasteiger partial charge is 0.504 e. The number of sulfone groups is 1. The van der Waals surface area contributed by atoms with Crippen LogP contribution >= 0.6 is 0 Å². The smallest absolute Gasteiger partial charge is 0.162 e. The molecule has 1 aliphatic rings. The van der Waals surface area contributed by atoms with Crippen molar-refractivity contribution in [2.45, 2.75) is 6.54 Å². The second kappa shape index (κ2) is 5.16. The first-order valence-corrected chi connectivity index (χ1v) is 7.61. The maximum absolute atomic E-state index is 11.3. The van der Waals surface area contributed by atoms with Crippen LogP contribution in [0.4, 0.5) is 0 Å². The molecule has 1 saturated heterocycles. The van der Waals surface area contributed by atoms with Gasteiger partial charge in [-0.2, -0.15) is 0 Å². The lowest BCUT2D eigenvalue weighted by atomic mass is 10.1. The van der Waals surface area contributed by atoms with Crippen molar-refractivity contribution in [1.82, 2.24) is 4.90 Å². The van der Waals surface area contributed by atoms with Crippen molar-refractivity contribution in [3.63, 3.8) is 0 Å². The van der Waals surface area contributed by atoms with Gasteiger partial charge in [0.2, 0.25) is 0 Å². The first kappa shape index (κ1) is 13.2. The van der Waals surface area contributed by atoms with Crippen LogP contribution in [-0.2, 0) is 16.4 Å². The van der Waals surface area contributed by atoms with Gasteiger partial charge in [0.15, 0.2) is 21.3 Å². The molecule has 0 amide bonds. The molecule has 0 bridgehead atoms. The Balaban J connectivity index is 2.07. The first-order valence-electron chi connectivity index (χ1n) is 5.79. The Labute approximate surface area is 107 Å². The van der Waals surface area contributed by atoms with Gasteiger partial charge in [0.05, 0.1) is 18.6 Å². The second-order valence-electron chi connectivity index (χ2n) is 4.40. The summed E-state index contributed by atoms with van der Waals surface area (Å²) < 4.78 is 27.7. The van der Waals surface area contributed by atoms with Crippen LogP contribution in [0, 0.1) is 0 Å². The van der Waals surface area contributed by atoms with Gasteiger partial charge in [-0.25, -0.2) is 8.42 Å². The van der Waals surface area contributed by atoms with Gasteiger partial charge in [-0.15, -0.1) is 0 Å². The van der Waals surface area contributed by atoms with E-state index in [9.17, 15) is 13.5 Å². The molecule has 1 N–H and O–H groups in total. The van der Waals surface area contributed by atoms with Crippen molar-refractivity contribution in [3.05, 3.63) is 23.8 Å². The molecular weight excluding hydrogens is 254 g/mol. The average molecular weight is 271 g/mol. The van der Waals surface area contributed by atoms with E-state index in [1.807, 2.05) is 17.0 Å². The highest BCUT2D eigenvalue weighted by Crippen LogP contribution is 2.30. The molecule has 1 aliphatic heterocycles. The Kier molecular flexibility index (Phi) is 3.77. The lowest BCUT2D eigenvalue weighted by Crippen LogP contribution is -2.39. The topological polar surface area (TPSA) is 66.8 Å². The summed E-state index contributed by atoms with van der Waals surface area (Å²) in [6.45, 7) is 1.57. The molecule has 5 nitrogen and oxygen atoms in total. The second-order valence-corrected chi connectivity index (χ2v) is 6.70. The molecule has 1 aromatic carbocycles. The van der Waals surface area contributed by atoms with Crippen LogP contribution in [-0.4, -0.2) is 50.1 Å². The number of hydrogen-bond acceptors (Lipinski definition) is 5. The highest BCUT2D eigenvalue weighted by molar-refractivity contribution is 7.91. The minimum absolute atomic E-state index is 0.133. The fourth-order valence-corrected chi connectivity index (χ4v) is 3.29. The summed E-state index contributed by atoms with van der Waals surface area (Å²) >= 11 is 0. The average Bonchev–Trinajstić information content (AvgIpc) is 2.34. The van der Waals surface area contributed by atoms with Crippen LogP contribution in [0.25, 0.3) is 0 Å². The Bertz CT molecular complexity index is 513. The molecule has 1 fully saturated rings. The van der Waals surface area contributed by atoms with Crippen LogP contribution in [0.3, 0.4) is 0 Å². The molecule has 0 radical (unpaired) electrons. The third-order valence-electron chi connectivity index (χ3n) is 3.13. The number of aromatic hydroxyl groups is 1. The van der Waals surface area contributed by atoms with E-state index in [0.717, 1.165) is 5.56 Å². The fraction of sp³-hybridized carbons (Fsp3) is 0.500. The summed E-state index contributed by atoms with van der Waals surface area (Å²) in [4.78, 5) is 2.02. The van der Waals surface area contributed by atoms with Crippen molar-refractivity contribution in [2.75, 3.05) is 31.7 Å². The summed E-state index contributed by atoms with van der Waals surface area (Å²) in [7, 11) is -1.35. The van der Waals surface area contributed by atoms with Crippen molar-refractivity contribution < 1.29 is 18.3 Å². The Morgan fingerprint density at radius 2 is 2.00 bits per heavy atom. The van der Waals surface area contributed by atoms with Gasteiger partial charge in [0.1, 0.15) is 0 Å². The summed E-state index contributed by atoms with van der Waals surface area (Å²) in [5.41, 5.74) is 0.758. The van der Waals surface area contributed by atoms with E-state index >= 15 is 0 Å². The van der Waals surface area contributed by atoms with Gasteiger partial charge in [-0.3, -0.25) is 4.90 Å². The third-order valence-corrected chi connectivity index (χ3v) is 4.74. The van der Waals surface area contributed by atoms with Gasteiger partial charge in [0, 0.05) is 25.2 Å². The number of hydrogen-bond donors (Lipinski definition) is 1. The summed E-state index contributed by atoms with van der Waals surface area (Å²) in [5.74, 6) is 0.959. The molecule has 1 aromatic rings. The lowest BCUT2D eigenvalue weighted by molar-refractivity contribution is 0.280. The molecule has 0 aliphatic carbocycles. The van der Waals surface area contributed by atoms with E-state index < -0.39 is 9.84 Å². The Morgan fingerprint density at radius 1 is 1.33 bits per heavy atom. The zero-order valence-electron chi connectivity index (χ0n) is 10.3. The molecule has 0 saturated carbocycles. The lowest BCUT2D eigenvalue weighted by Gasteiger charge is -2.26. The molecule has 1 heterocycles. The normalized spacial score (nSPS) is 19.6. The number of para-hydroxylation sites is 1. The van der Waals surface area contributed by atoms with Crippen LogP contribution in [0.2, 0.25) is 0 Å². The molecule has 2 rings (SSSR count). The SMILES string of the molecule is COc1cccc(CN2CCS(=O)(=O)CC2)c1O. The molecule has 0 atom stereocenters. The quantitative estimate of drug-likeness (QED) is 0.873. The van der Waals surface area contributed by atoms with Gasteiger partial charge in [0.25, 0.3) is 0 Å². The van der Waals surface area contributed by atoms with Crippen molar-refractivity contribution in [1.29, 1.82) is 0 Å². The van der Waals surface area contributed by atoms with E-state index in [2.05, 4.69) is 0 Å². The van der Waals surface area contributed by atoms with E-state index in [1.165, 1.54) is 7.11 Å². The Morgan fingerprint density at radius 3 is 2.61 bits per heavy atom. The third kappa shape index (κ3) is 2.94. The maximum atomic E-state index is 11.3. The first-order chi connectivity index (χ1) is 8.52. The van der Waals surface area contributed by atoms with E-state index in [0.29, 0.717) is 25.4 Å². The van der Waals surface area contributed by atoms with Crippen LogP contribution in [0.5, 0.6) is 11.5 Å². The molecule has 0 aromatic heterocycles. The van der Waals surface area contributed by atoms with Crippen molar-refractivity contribution in [3.8, 4) is 11.5 Å². The predicted molar refractivity (Wildman–Crippen MR) is 68.6 cm³/mol. The number of phenols is 1. The van der Waals surface area contributed by atoms with E-state index in [4.69, 9.17) is 4.74 Å². The van der Waals surface area contributed by atoms with E-state index in [-0.39, 0.29) is 17.3 Å². The van der Waals surface area contributed by atoms with Crippen LogP contribution in [0.1, 0.15) is 5.56 Å². The maximum Gasteiger partial charge on any atom is 0.162 e. The molecule has 100 valence electrons. The van der Waals surface area contributed by atoms with E-state index in [1.54, 1.807) is 6.07 Å². The number of benzene rings is 1. The van der Waals surface area contributed by atoms with Gasteiger partial charge >= 0.3 is 0 Å². The number of phenolic OH excluding ortho intramolecular Hbond substituents is 1. The minimum Gasteiger partial charge on any atom is -0.504 e. The van der Waals surface area contributed by atoms with Crippen molar-refractivity contribution >= 4 is 9.84 Å². The van der Waals surface area contributed by atoms with Crippen LogP contribution < -0.4 is 4.74 Å². The number of rotatable bonds is 3. The molecule has 0 spiro atoms. The van der Waals surface area contributed by atoms with Gasteiger partial charge in [-0.05, 0) is 6.07 Å². The van der Waals surface area contributed by atoms with Gasteiger partial charge < -0.3 is 9.84 Å².